The average Bonchev–Trinajstić information content (AvgIpc) is 1.63. The first-order valence-electron chi connectivity index (χ1n) is 3.66. The van der Waals surface area contributed by atoms with E-state index in [9.17, 15) is 0 Å². The fraction of sp³-hybridized carbons (Fsp3) is 1.00. The summed E-state index contributed by atoms with van der Waals surface area (Å²) in [6.07, 6.45) is 4.30. The summed E-state index contributed by atoms with van der Waals surface area (Å²) in [4.78, 5) is 0. The van der Waals surface area contributed by atoms with Crippen molar-refractivity contribution in [2.75, 3.05) is 0 Å². The molecule has 1 saturated carbocycles. The SMILES string of the molecule is CCC1(C)CC(C)C1. The highest BCUT2D eigenvalue weighted by Gasteiger charge is 2.35. The molecule has 0 heterocycles. The standard InChI is InChI=1S/C8H16/c1-4-8(3)5-7(2)6-8/h7H,4-6H2,1-3H3. The predicted octanol–water partition coefficient (Wildman–Crippen LogP) is 2.83. The Bertz CT molecular complexity index is 78.0. The molecule has 0 saturated heterocycles. The zero-order valence-electron chi connectivity index (χ0n) is 6.20. The first kappa shape index (κ1) is 6.12. The largest absolute Gasteiger partial charge is 0.0649 e. The molecule has 0 N–H and O–H groups in total. The molecule has 1 fully saturated rings. The highest BCUT2D eigenvalue weighted by molar-refractivity contribution is 4.86. The summed E-state index contributed by atoms with van der Waals surface area (Å²) in [7, 11) is 0. The fourth-order valence-electron chi connectivity index (χ4n) is 1.91. The minimum absolute atomic E-state index is 0.736. The molecule has 0 aliphatic heterocycles. The second-order valence-corrected chi connectivity index (χ2v) is 3.68. The second kappa shape index (κ2) is 1.75. The van der Waals surface area contributed by atoms with Crippen LogP contribution >= 0.6 is 0 Å². The Hall–Kier alpha value is 0. The van der Waals surface area contributed by atoms with Gasteiger partial charge in [-0.2, -0.15) is 0 Å². The molecular weight excluding hydrogens is 96.1 g/mol. The molecule has 0 heteroatoms. The van der Waals surface area contributed by atoms with Gasteiger partial charge in [0, 0.05) is 0 Å². The van der Waals surface area contributed by atoms with E-state index in [0.29, 0.717) is 0 Å². The van der Waals surface area contributed by atoms with Crippen LogP contribution in [0.5, 0.6) is 0 Å². The van der Waals surface area contributed by atoms with E-state index in [0.717, 1.165) is 11.3 Å². The number of hydrogen-bond donors (Lipinski definition) is 0. The molecule has 0 atom stereocenters. The van der Waals surface area contributed by atoms with Gasteiger partial charge in [0.05, 0.1) is 0 Å². The van der Waals surface area contributed by atoms with Crippen LogP contribution in [0.2, 0.25) is 0 Å². The van der Waals surface area contributed by atoms with Gasteiger partial charge in [-0.15, -0.1) is 0 Å². The van der Waals surface area contributed by atoms with E-state index in [1.165, 1.54) is 19.3 Å². The lowest BCUT2D eigenvalue weighted by Gasteiger charge is -2.43. The third kappa shape index (κ3) is 0.888. The maximum Gasteiger partial charge on any atom is -0.0323 e. The first-order chi connectivity index (χ1) is 3.66. The molecule has 0 aromatic heterocycles. The third-order valence-electron chi connectivity index (χ3n) is 2.54. The van der Waals surface area contributed by atoms with Crippen LogP contribution in [0.25, 0.3) is 0 Å². The maximum absolute atomic E-state index is 2.40. The quantitative estimate of drug-likeness (QED) is 0.489. The summed E-state index contributed by atoms with van der Waals surface area (Å²) in [5, 5.41) is 0. The fourth-order valence-corrected chi connectivity index (χ4v) is 1.91. The highest BCUT2D eigenvalue weighted by Crippen LogP contribution is 2.47. The normalized spacial score (nSPS) is 46.1. The maximum atomic E-state index is 2.40. The minimum atomic E-state index is 0.736. The van der Waals surface area contributed by atoms with Gasteiger partial charge in [0.2, 0.25) is 0 Å². The highest BCUT2D eigenvalue weighted by atomic mass is 14.4. The van der Waals surface area contributed by atoms with Crippen LogP contribution in [0.3, 0.4) is 0 Å². The van der Waals surface area contributed by atoms with Crippen molar-refractivity contribution in [3.63, 3.8) is 0 Å². The molecule has 0 unspecified atom stereocenters. The molecule has 0 amide bonds. The van der Waals surface area contributed by atoms with E-state index in [1.54, 1.807) is 0 Å². The van der Waals surface area contributed by atoms with Crippen molar-refractivity contribution in [3.05, 3.63) is 0 Å². The van der Waals surface area contributed by atoms with Crippen LogP contribution < -0.4 is 0 Å². The van der Waals surface area contributed by atoms with Crippen LogP contribution in [0.1, 0.15) is 40.0 Å². The smallest absolute Gasteiger partial charge is 0.0323 e. The third-order valence-corrected chi connectivity index (χ3v) is 2.54. The average molecular weight is 112 g/mol. The Balaban J connectivity index is 2.30. The zero-order chi connectivity index (χ0) is 6.20. The molecule has 1 rings (SSSR count). The van der Waals surface area contributed by atoms with Crippen LogP contribution in [0.15, 0.2) is 0 Å². The Morgan fingerprint density at radius 3 is 2.12 bits per heavy atom. The van der Waals surface area contributed by atoms with E-state index in [-0.39, 0.29) is 0 Å². The van der Waals surface area contributed by atoms with Crippen LogP contribution in [0.4, 0.5) is 0 Å². The van der Waals surface area contributed by atoms with Crippen molar-refractivity contribution in [2.24, 2.45) is 11.3 Å². The van der Waals surface area contributed by atoms with Gasteiger partial charge in [0.25, 0.3) is 0 Å². The summed E-state index contributed by atoms with van der Waals surface area (Å²) in [6.45, 7) is 7.04. The van der Waals surface area contributed by atoms with Gasteiger partial charge in [0.15, 0.2) is 0 Å². The summed E-state index contributed by atoms with van der Waals surface area (Å²) in [6, 6.07) is 0. The van der Waals surface area contributed by atoms with Crippen molar-refractivity contribution in [1.29, 1.82) is 0 Å². The first-order valence-corrected chi connectivity index (χ1v) is 3.66. The molecule has 0 bridgehead atoms. The Morgan fingerprint density at radius 1 is 1.50 bits per heavy atom. The predicted molar refractivity (Wildman–Crippen MR) is 36.8 cm³/mol. The lowest BCUT2D eigenvalue weighted by Crippen LogP contribution is -2.31. The van der Waals surface area contributed by atoms with Crippen molar-refractivity contribution >= 4 is 0 Å². The lowest BCUT2D eigenvalue weighted by molar-refractivity contribution is 0.0836. The van der Waals surface area contributed by atoms with E-state index >= 15 is 0 Å². The lowest BCUT2D eigenvalue weighted by atomic mass is 9.63. The molecule has 0 aromatic carbocycles. The van der Waals surface area contributed by atoms with Gasteiger partial charge in [-0.25, -0.2) is 0 Å². The molecule has 0 aromatic rings. The van der Waals surface area contributed by atoms with Crippen molar-refractivity contribution in [2.45, 2.75) is 40.0 Å². The minimum Gasteiger partial charge on any atom is -0.0649 e. The van der Waals surface area contributed by atoms with Gasteiger partial charge >= 0.3 is 0 Å². The number of rotatable bonds is 1. The van der Waals surface area contributed by atoms with Gasteiger partial charge in [-0.1, -0.05) is 27.2 Å². The van der Waals surface area contributed by atoms with Gasteiger partial charge < -0.3 is 0 Å². The van der Waals surface area contributed by atoms with Crippen molar-refractivity contribution in [1.82, 2.24) is 0 Å². The van der Waals surface area contributed by atoms with E-state index in [4.69, 9.17) is 0 Å². The van der Waals surface area contributed by atoms with Crippen molar-refractivity contribution in [3.8, 4) is 0 Å². The van der Waals surface area contributed by atoms with Crippen LogP contribution in [-0.2, 0) is 0 Å². The number of hydrogen-bond acceptors (Lipinski definition) is 0. The molecule has 0 nitrogen and oxygen atoms in total. The topological polar surface area (TPSA) is 0 Å². The molecule has 0 spiro atoms. The summed E-state index contributed by atoms with van der Waals surface area (Å²) >= 11 is 0. The molecular formula is C8H16. The molecule has 0 radical (unpaired) electrons. The molecule has 1 aliphatic carbocycles. The van der Waals surface area contributed by atoms with Gasteiger partial charge in [-0.05, 0) is 24.2 Å². The molecule has 48 valence electrons. The van der Waals surface area contributed by atoms with Crippen LogP contribution in [0, 0.1) is 11.3 Å². The van der Waals surface area contributed by atoms with E-state index in [1.807, 2.05) is 0 Å². The monoisotopic (exact) mass is 112 g/mol. The van der Waals surface area contributed by atoms with E-state index < -0.39 is 0 Å². The zero-order valence-corrected chi connectivity index (χ0v) is 6.20. The summed E-state index contributed by atoms with van der Waals surface area (Å²) in [5.41, 5.74) is 0.736. The van der Waals surface area contributed by atoms with Crippen LogP contribution in [-0.4, -0.2) is 0 Å². The Morgan fingerprint density at radius 2 is 2.00 bits per heavy atom. The van der Waals surface area contributed by atoms with Crippen molar-refractivity contribution < 1.29 is 0 Å². The van der Waals surface area contributed by atoms with E-state index in [2.05, 4.69) is 20.8 Å². The van der Waals surface area contributed by atoms with Gasteiger partial charge in [-0.3, -0.25) is 0 Å². The van der Waals surface area contributed by atoms with Gasteiger partial charge in [0.1, 0.15) is 0 Å². The summed E-state index contributed by atoms with van der Waals surface area (Å²) in [5.74, 6) is 1.01. The Kier molecular flexibility index (Phi) is 1.34. The Labute approximate surface area is 52.3 Å². The second-order valence-electron chi connectivity index (χ2n) is 3.68. The summed E-state index contributed by atoms with van der Waals surface area (Å²) < 4.78 is 0. The molecule has 8 heavy (non-hydrogen) atoms. The molecule has 1 aliphatic rings.